The average Bonchev–Trinajstić information content (AvgIpc) is 2.45. The Morgan fingerprint density at radius 3 is 2.53 bits per heavy atom. The first-order valence-corrected chi connectivity index (χ1v) is 6.80. The van der Waals surface area contributed by atoms with Crippen LogP contribution in [0.3, 0.4) is 0 Å². The number of nitrogens with one attached hydrogen (secondary N) is 1. The van der Waals surface area contributed by atoms with Crippen molar-refractivity contribution < 1.29 is 8.42 Å². The highest BCUT2D eigenvalue weighted by Gasteiger charge is 2.16. The van der Waals surface area contributed by atoms with E-state index in [2.05, 4.69) is 16.3 Å². The lowest BCUT2D eigenvalue weighted by Gasteiger charge is -2.10. The van der Waals surface area contributed by atoms with Crippen molar-refractivity contribution >= 4 is 21.4 Å². The highest BCUT2D eigenvalue weighted by Crippen LogP contribution is 2.24. The molecule has 4 nitrogen and oxygen atoms in total. The topological polar surface area (TPSA) is 59.1 Å². The van der Waals surface area contributed by atoms with Gasteiger partial charge in [0.25, 0.3) is 0 Å². The van der Waals surface area contributed by atoms with E-state index in [1.54, 1.807) is 6.92 Å². The molecule has 0 fully saturated rings. The first-order valence-electron chi connectivity index (χ1n) is 4.44. The van der Waals surface area contributed by atoms with Crippen LogP contribution in [0.15, 0.2) is 12.0 Å². The second kappa shape index (κ2) is 4.42. The molecule has 84 valence electrons. The van der Waals surface area contributed by atoms with Crippen LogP contribution in [0.25, 0.3) is 0 Å². The first-order chi connectivity index (χ1) is 6.85. The van der Waals surface area contributed by atoms with Gasteiger partial charge in [0.15, 0.2) is 0 Å². The highest BCUT2D eigenvalue weighted by atomic mass is 32.2. The summed E-state index contributed by atoms with van der Waals surface area (Å²) in [6, 6.07) is -0.265. The Bertz CT molecular complexity index is 462. The van der Waals surface area contributed by atoms with Crippen molar-refractivity contribution in [2.45, 2.75) is 26.8 Å². The molecule has 1 atom stereocenters. The highest BCUT2D eigenvalue weighted by molar-refractivity contribution is 7.92. The van der Waals surface area contributed by atoms with Crippen molar-refractivity contribution in [1.29, 1.82) is 0 Å². The zero-order valence-electron chi connectivity index (χ0n) is 8.94. The summed E-state index contributed by atoms with van der Waals surface area (Å²) in [6.07, 6.45) is 0. The molecule has 0 aliphatic heterocycles. The fourth-order valence-corrected chi connectivity index (χ4v) is 3.01. The summed E-state index contributed by atoms with van der Waals surface area (Å²) < 4.78 is 25.0. The first kappa shape index (κ1) is 12.4. The van der Waals surface area contributed by atoms with Crippen LogP contribution < -0.4 is 4.72 Å². The van der Waals surface area contributed by atoms with E-state index in [0.717, 1.165) is 21.0 Å². The number of rotatable bonds is 4. The largest absolute Gasteiger partial charge is 0.247 e. The van der Waals surface area contributed by atoms with Gasteiger partial charge in [-0.15, -0.1) is 11.3 Å². The normalized spacial score (nSPS) is 13.8. The molecule has 6 heteroatoms. The molecular formula is C9H14N2O2S2. The van der Waals surface area contributed by atoms with Crippen LogP contribution in [0.4, 0.5) is 0 Å². The van der Waals surface area contributed by atoms with Crippen molar-refractivity contribution in [1.82, 2.24) is 9.71 Å². The lowest BCUT2D eigenvalue weighted by molar-refractivity contribution is 0.577. The lowest BCUT2D eigenvalue weighted by Crippen LogP contribution is -2.24. The maximum Gasteiger partial charge on any atom is 0.233 e. The van der Waals surface area contributed by atoms with Crippen molar-refractivity contribution in [3.8, 4) is 0 Å². The summed E-state index contributed by atoms with van der Waals surface area (Å²) in [6.45, 7) is 8.81. The van der Waals surface area contributed by atoms with Gasteiger partial charge < -0.3 is 0 Å². The number of hydrogen-bond acceptors (Lipinski definition) is 4. The molecule has 0 saturated heterocycles. The smallest absolute Gasteiger partial charge is 0.233 e. The summed E-state index contributed by atoms with van der Waals surface area (Å²) in [5.74, 6) is 0. The summed E-state index contributed by atoms with van der Waals surface area (Å²) >= 11 is 1.50. The molecular weight excluding hydrogens is 232 g/mol. The Balaban J connectivity index is 2.91. The predicted octanol–water partition coefficient (Wildman–Crippen LogP) is 1.88. The minimum atomic E-state index is -3.38. The predicted molar refractivity (Wildman–Crippen MR) is 62.3 cm³/mol. The van der Waals surface area contributed by atoms with Gasteiger partial charge in [0.05, 0.1) is 16.7 Å². The van der Waals surface area contributed by atoms with Crippen LogP contribution in [0.2, 0.25) is 0 Å². The molecule has 1 heterocycles. The number of aromatic nitrogens is 1. The Morgan fingerprint density at radius 2 is 2.13 bits per heavy atom. The fourth-order valence-electron chi connectivity index (χ4n) is 1.30. The van der Waals surface area contributed by atoms with Crippen LogP contribution in [-0.2, 0) is 10.0 Å². The van der Waals surface area contributed by atoms with Crippen LogP contribution in [0.1, 0.15) is 28.5 Å². The third kappa shape index (κ3) is 3.12. The second-order valence-corrected chi connectivity index (χ2v) is 6.13. The second-order valence-electron chi connectivity index (χ2n) is 3.23. The van der Waals surface area contributed by atoms with Crippen LogP contribution >= 0.6 is 11.3 Å². The molecule has 0 spiro atoms. The Labute approximate surface area is 94.1 Å². The molecule has 0 bridgehead atoms. The summed E-state index contributed by atoms with van der Waals surface area (Å²) in [5.41, 5.74) is 0.872. The van der Waals surface area contributed by atoms with Gasteiger partial charge in [-0.2, -0.15) is 0 Å². The number of sulfonamides is 1. The van der Waals surface area contributed by atoms with E-state index in [-0.39, 0.29) is 6.04 Å². The molecule has 1 N–H and O–H groups in total. The minimum absolute atomic E-state index is 0.265. The molecule has 0 aliphatic carbocycles. The monoisotopic (exact) mass is 246 g/mol. The molecule has 0 amide bonds. The molecule has 1 unspecified atom stereocenters. The van der Waals surface area contributed by atoms with Gasteiger partial charge >= 0.3 is 0 Å². The zero-order valence-corrected chi connectivity index (χ0v) is 10.6. The van der Waals surface area contributed by atoms with Gasteiger partial charge in [-0.05, 0) is 20.8 Å². The molecule has 0 aliphatic rings. The van der Waals surface area contributed by atoms with E-state index < -0.39 is 10.0 Å². The van der Waals surface area contributed by atoms with Gasteiger partial charge in [-0.1, -0.05) is 6.58 Å². The van der Waals surface area contributed by atoms with E-state index in [0.29, 0.717) is 0 Å². The number of hydrogen-bond donors (Lipinski definition) is 1. The summed E-state index contributed by atoms with van der Waals surface area (Å²) in [4.78, 5) is 5.19. The van der Waals surface area contributed by atoms with Crippen LogP contribution in [0, 0.1) is 13.8 Å². The Kier molecular flexibility index (Phi) is 3.64. The molecule has 1 aromatic heterocycles. The fraction of sp³-hybridized carbons (Fsp3) is 0.444. The van der Waals surface area contributed by atoms with Crippen LogP contribution in [0.5, 0.6) is 0 Å². The summed E-state index contributed by atoms with van der Waals surface area (Å²) in [7, 11) is -3.38. The SMILES string of the molecule is C=CS(=O)(=O)NC(C)c1sc(C)nc1C. The Morgan fingerprint density at radius 1 is 1.53 bits per heavy atom. The van der Waals surface area contributed by atoms with Crippen molar-refractivity contribution in [2.75, 3.05) is 0 Å². The third-order valence-corrected chi connectivity index (χ3v) is 4.27. The van der Waals surface area contributed by atoms with Crippen LogP contribution in [-0.4, -0.2) is 13.4 Å². The van der Waals surface area contributed by atoms with Gasteiger partial charge in [-0.25, -0.2) is 18.1 Å². The van der Waals surface area contributed by atoms with E-state index >= 15 is 0 Å². The van der Waals surface area contributed by atoms with Gasteiger partial charge in [0, 0.05) is 10.3 Å². The number of thiazole rings is 1. The number of nitrogens with zero attached hydrogens (tertiary/aromatic N) is 1. The molecule has 1 aromatic rings. The minimum Gasteiger partial charge on any atom is -0.247 e. The standard InChI is InChI=1S/C9H14N2O2S2/c1-5-15(12,13)11-7(3)9-6(2)10-8(4)14-9/h5,7,11H,1H2,2-4H3. The van der Waals surface area contributed by atoms with Crippen molar-refractivity contribution in [2.24, 2.45) is 0 Å². The summed E-state index contributed by atoms with van der Waals surface area (Å²) in [5, 5.41) is 1.85. The van der Waals surface area contributed by atoms with E-state index in [1.807, 2.05) is 13.8 Å². The van der Waals surface area contributed by atoms with E-state index in [4.69, 9.17) is 0 Å². The zero-order chi connectivity index (χ0) is 11.6. The molecule has 1 rings (SSSR count). The lowest BCUT2D eigenvalue weighted by atomic mass is 10.2. The third-order valence-electron chi connectivity index (χ3n) is 1.89. The van der Waals surface area contributed by atoms with E-state index in [1.165, 1.54) is 11.3 Å². The van der Waals surface area contributed by atoms with Gasteiger partial charge in [-0.3, -0.25) is 0 Å². The van der Waals surface area contributed by atoms with Gasteiger partial charge in [0.2, 0.25) is 10.0 Å². The number of aryl methyl sites for hydroxylation is 2. The maximum absolute atomic E-state index is 11.3. The molecule has 0 radical (unpaired) electrons. The van der Waals surface area contributed by atoms with Crippen molar-refractivity contribution in [3.63, 3.8) is 0 Å². The molecule has 0 saturated carbocycles. The molecule has 15 heavy (non-hydrogen) atoms. The molecule has 0 aromatic carbocycles. The quantitative estimate of drug-likeness (QED) is 0.882. The van der Waals surface area contributed by atoms with E-state index in [9.17, 15) is 8.42 Å². The van der Waals surface area contributed by atoms with Crippen molar-refractivity contribution in [3.05, 3.63) is 27.6 Å². The maximum atomic E-state index is 11.3. The van der Waals surface area contributed by atoms with Gasteiger partial charge in [0.1, 0.15) is 0 Å². The average molecular weight is 246 g/mol. The Hall–Kier alpha value is -0.720.